The fourth-order valence-corrected chi connectivity index (χ4v) is 7.72. The van der Waals surface area contributed by atoms with Crippen LogP contribution in [0.4, 0.5) is 0 Å². The Morgan fingerprint density at radius 1 is 1.24 bits per heavy atom. The molecule has 3 fully saturated rings. The van der Waals surface area contributed by atoms with Gasteiger partial charge in [-0.1, -0.05) is 20.3 Å². The summed E-state index contributed by atoms with van der Waals surface area (Å²) in [5.74, 6) is -0.458. The van der Waals surface area contributed by atoms with Crippen molar-refractivity contribution < 1.29 is 23.5 Å². The third kappa shape index (κ3) is 2.36. The first-order valence-corrected chi connectivity index (χ1v) is 12.8. The van der Waals surface area contributed by atoms with Crippen LogP contribution in [-0.4, -0.2) is 39.1 Å². The maximum Gasteiger partial charge on any atom is 0.337 e. The predicted octanol–water partition coefficient (Wildman–Crippen LogP) is 3.53. The van der Waals surface area contributed by atoms with E-state index in [1.807, 2.05) is 6.92 Å². The van der Waals surface area contributed by atoms with E-state index in [0.717, 1.165) is 19.3 Å². The highest BCUT2D eigenvalue weighted by atomic mass is 28.4. The number of rotatable bonds is 3. The molecule has 6 heteroatoms. The summed E-state index contributed by atoms with van der Waals surface area (Å²) in [4.78, 5) is 25.9. The molecule has 6 atom stereocenters. The number of carbonyl (C=O) groups is 2. The zero-order chi connectivity index (χ0) is 18.8. The molecule has 1 heterocycles. The van der Waals surface area contributed by atoms with Crippen LogP contribution in [0.5, 0.6) is 0 Å². The van der Waals surface area contributed by atoms with Crippen LogP contribution in [0.15, 0.2) is 0 Å². The summed E-state index contributed by atoms with van der Waals surface area (Å²) in [5, 5.41) is 0. The maximum atomic E-state index is 13.2. The highest BCUT2D eigenvalue weighted by Gasteiger charge is 2.75. The summed E-state index contributed by atoms with van der Waals surface area (Å²) >= 11 is 0. The smallest absolute Gasteiger partial charge is 0.337 e. The van der Waals surface area contributed by atoms with Crippen LogP contribution >= 0.6 is 0 Å². The van der Waals surface area contributed by atoms with E-state index in [4.69, 9.17) is 13.9 Å². The van der Waals surface area contributed by atoms with E-state index in [1.54, 1.807) is 0 Å². The van der Waals surface area contributed by atoms with Gasteiger partial charge in [0.05, 0.1) is 12.5 Å². The van der Waals surface area contributed by atoms with Crippen LogP contribution in [0.3, 0.4) is 0 Å². The minimum Gasteiger partial charge on any atom is -0.467 e. The molecule has 5 nitrogen and oxygen atoms in total. The number of ether oxygens (including phenoxy) is 2. The Morgan fingerprint density at radius 3 is 2.44 bits per heavy atom. The van der Waals surface area contributed by atoms with Crippen LogP contribution in [0.25, 0.3) is 0 Å². The number of esters is 2. The Morgan fingerprint density at radius 2 is 1.88 bits per heavy atom. The zero-order valence-corrected chi connectivity index (χ0v) is 17.6. The van der Waals surface area contributed by atoms with Crippen molar-refractivity contribution in [1.82, 2.24) is 0 Å². The van der Waals surface area contributed by atoms with Crippen molar-refractivity contribution in [3.05, 3.63) is 0 Å². The van der Waals surface area contributed by atoms with Crippen molar-refractivity contribution in [2.24, 2.45) is 22.7 Å². The van der Waals surface area contributed by atoms with E-state index in [9.17, 15) is 9.59 Å². The van der Waals surface area contributed by atoms with Crippen LogP contribution < -0.4 is 0 Å². The summed E-state index contributed by atoms with van der Waals surface area (Å²) in [6, 6.07) is 0. The lowest BCUT2D eigenvalue weighted by atomic mass is 9.44. The number of hydrogen-bond donors (Lipinski definition) is 0. The van der Waals surface area contributed by atoms with Gasteiger partial charge in [-0.15, -0.1) is 0 Å². The highest BCUT2D eigenvalue weighted by molar-refractivity contribution is 6.70. The molecule has 1 aliphatic heterocycles. The Balaban J connectivity index is 2.21. The lowest BCUT2D eigenvalue weighted by Crippen LogP contribution is -2.71. The number of hydrogen-bond acceptors (Lipinski definition) is 5. The number of carbonyl (C=O) groups excluding carboxylic acids is 2. The van der Waals surface area contributed by atoms with Crippen molar-refractivity contribution in [2.45, 2.75) is 77.8 Å². The van der Waals surface area contributed by atoms with E-state index in [0.29, 0.717) is 6.42 Å². The van der Waals surface area contributed by atoms with Crippen LogP contribution in [-0.2, 0) is 23.5 Å². The molecule has 0 spiro atoms. The fourth-order valence-electron chi connectivity index (χ4n) is 6.23. The lowest BCUT2D eigenvalue weighted by Gasteiger charge is -2.62. The quantitative estimate of drug-likeness (QED) is 0.563. The van der Waals surface area contributed by atoms with Gasteiger partial charge >= 0.3 is 11.9 Å². The molecule has 0 aromatic rings. The molecular formula is C19H32O5Si. The standard InChI is InChI=1S/C19H32O5Si/c1-12-11-13-14-17(2,15(20)23-13)9-8-10-18(14,3)19(12,16(21)22-4)24-25(5,6)7/h12-14H,8-11H2,1-7H3/t12-,13-,14+,17+,18+,19+/m1/s1. The zero-order valence-electron chi connectivity index (χ0n) is 16.6. The molecule has 0 bridgehead atoms. The molecule has 3 aliphatic rings. The monoisotopic (exact) mass is 368 g/mol. The van der Waals surface area contributed by atoms with Crippen LogP contribution in [0, 0.1) is 22.7 Å². The van der Waals surface area contributed by atoms with Gasteiger partial charge < -0.3 is 13.9 Å². The minimum absolute atomic E-state index is 0.00657. The van der Waals surface area contributed by atoms with Gasteiger partial charge in [-0.05, 0) is 51.7 Å². The molecular weight excluding hydrogens is 336 g/mol. The van der Waals surface area contributed by atoms with Crippen LogP contribution in [0.2, 0.25) is 19.6 Å². The first kappa shape index (κ1) is 18.9. The lowest BCUT2D eigenvalue weighted by molar-refractivity contribution is -0.222. The molecule has 3 rings (SSSR count). The van der Waals surface area contributed by atoms with Gasteiger partial charge in [-0.25, -0.2) is 4.79 Å². The maximum absolute atomic E-state index is 13.2. The molecule has 0 radical (unpaired) electrons. The second kappa shape index (κ2) is 5.56. The summed E-state index contributed by atoms with van der Waals surface area (Å²) in [6.45, 7) is 12.5. The minimum atomic E-state index is -2.05. The van der Waals surface area contributed by atoms with Gasteiger partial charge in [-0.2, -0.15) is 0 Å². The van der Waals surface area contributed by atoms with Gasteiger partial charge in [0.1, 0.15) is 6.10 Å². The van der Waals surface area contributed by atoms with E-state index >= 15 is 0 Å². The van der Waals surface area contributed by atoms with Gasteiger partial charge in [0, 0.05) is 11.3 Å². The Labute approximate surface area is 151 Å². The second-order valence-corrected chi connectivity index (χ2v) is 14.1. The molecule has 2 saturated carbocycles. The van der Waals surface area contributed by atoms with Crippen molar-refractivity contribution in [3.8, 4) is 0 Å². The topological polar surface area (TPSA) is 61.8 Å². The third-order valence-corrected chi connectivity index (χ3v) is 7.88. The van der Waals surface area contributed by atoms with E-state index in [-0.39, 0.29) is 29.9 Å². The number of methoxy groups -OCH3 is 1. The van der Waals surface area contributed by atoms with Gasteiger partial charge in [-0.3, -0.25) is 4.79 Å². The first-order valence-electron chi connectivity index (χ1n) is 9.42. The normalized spacial score (nSPS) is 46.4. The average Bonchev–Trinajstić information content (AvgIpc) is 2.74. The second-order valence-electron chi connectivity index (χ2n) is 9.69. The molecule has 0 aromatic heterocycles. The van der Waals surface area contributed by atoms with Gasteiger partial charge in [0.2, 0.25) is 0 Å². The molecule has 0 amide bonds. The molecule has 0 aromatic carbocycles. The van der Waals surface area contributed by atoms with Crippen molar-refractivity contribution >= 4 is 20.3 Å². The molecule has 2 aliphatic carbocycles. The SMILES string of the molecule is COC(=O)[C@@]1(O[Si](C)(C)C)[C@H](C)C[C@H]2OC(=O)[C@@]3(C)CCC[C@@]1(C)[C@@H]23. The van der Waals surface area contributed by atoms with E-state index in [2.05, 4.69) is 33.5 Å². The van der Waals surface area contributed by atoms with Crippen molar-refractivity contribution in [1.29, 1.82) is 0 Å². The largest absolute Gasteiger partial charge is 0.467 e. The Kier molecular flexibility index (Phi) is 4.20. The first-order chi connectivity index (χ1) is 11.4. The van der Waals surface area contributed by atoms with E-state index in [1.165, 1.54) is 7.11 Å². The van der Waals surface area contributed by atoms with E-state index < -0.39 is 24.7 Å². The van der Waals surface area contributed by atoms with Crippen molar-refractivity contribution in [2.75, 3.05) is 7.11 Å². The average molecular weight is 369 g/mol. The van der Waals surface area contributed by atoms with Crippen LogP contribution in [0.1, 0.15) is 46.5 Å². The molecule has 142 valence electrons. The fraction of sp³-hybridized carbons (Fsp3) is 0.895. The molecule has 25 heavy (non-hydrogen) atoms. The summed E-state index contributed by atoms with van der Waals surface area (Å²) in [5.41, 5.74) is -2.01. The molecule has 0 unspecified atom stereocenters. The summed E-state index contributed by atoms with van der Waals surface area (Å²) < 4.78 is 17.8. The highest BCUT2D eigenvalue weighted by Crippen LogP contribution is 2.67. The molecule has 1 saturated heterocycles. The Bertz CT molecular complexity index is 599. The third-order valence-electron chi connectivity index (χ3n) is 6.95. The predicted molar refractivity (Wildman–Crippen MR) is 96.4 cm³/mol. The van der Waals surface area contributed by atoms with Crippen molar-refractivity contribution in [3.63, 3.8) is 0 Å². The summed E-state index contributed by atoms with van der Waals surface area (Å²) in [7, 11) is -0.610. The molecule has 0 N–H and O–H groups in total. The summed E-state index contributed by atoms with van der Waals surface area (Å²) in [6.07, 6.45) is 3.10. The van der Waals surface area contributed by atoms with Gasteiger partial charge in [0.25, 0.3) is 0 Å². The van der Waals surface area contributed by atoms with Gasteiger partial charge in [0.15, 0.2) is 13.9 Å². The Hall–Kier alpha value is -0.883.